The monoisotopic (exact) mass is 716 g/mol. The Morgan fingerprint density at radius 3 is 1.54 bits per heavy atom. The first kappa shape index (κ1) is 31.9. The fourth-order valence-corrected chi connectivity index (χ4v) is 7.89. The smallest absolute Gasteiger partial charge is 0.164 e. The van der Waals surface area contributed by atoms with E-state index >= 15 is 0 Å². The summed E-state index contributed by atoms with van der Waals surface area (Å²) in [4.78, 5) is 15.2. The van der Waals surface area contributed by atoms with E-state index in [1.54, 1.807) is 0 Å². The Morgan fingerprint density at radius 2 is 0.804 bits per heavy atom. The molecule has 5 nitrogen and oxygen atoms in total. The number of benzene rings is 8. The second kappa shape index (κ2) is 13.0. The van der Waals surface area contributed by atoms with Crippen LogP contribution in [-0.4, -0.2) is 19.5 Å². The first-order valence-electron chi connectivity index (χ1n) is 18.8. The van der Waals surface area contributed by atoms with Crippen molar-refractivity contribution in [1.29, 1.82) is 0 Å². The molecule has 0 fully saturated rings. The minimum atomic E-state index is 0.620. The van der Waals surface area contributed by atoms with Crippen LogP contribution in [-0.2, 0) is 0 Å². The normalized spacial score (nSPS) is 11.6. The van der Waals surface area contributed by atoms with Crippen molar-refractivity contribution in [1.82, 2.24) is 19.5 Å². The lowest BCUT2D eigenvalue weighted by Crippen LogP contribution is -2.00. The van der Waals surface area contributed by atoms with E-state index in [2.05, 4.69) is 150 Å². The Labute approximate surface area is 322 Å². The van der Waals surface area contributed by atoms with Gasteiger partial charge in [-0.25, -0.2) is 15.0 Å². The van der Waals surface area contributed by atoms with Crippen LogP contribution in [0, 0.1) is 0 Å². The van der Waals surface area contributed by atoms with Crippen molar-refractivity contribution < 1.29 is 4.42 Å². The third-order valence-electron chi connectivity index (χ3n) is 10.7. The summed E-state index contributed by atoms with van der Waals surface area (Å²) in [6, 6.07) is 67.6. The molecule has 0 spiro atoms. The van der Waals surface area contributed by atoms with Gasteiger partial charge in [-0.1, -0.05) is 146 Å². The molecule has 0 aliphatic carbocycles. The molecule has 262 valence electrons. The maximum atomic E-state index is 6.14. The molecule has 5 heteroatoms. The van der Waals surface area contributed by atoms with Gasteiger partial charge in [-0.05, 0) is 70.8 Å². The van der Waals surface area contributed by atoms with E-state index in [9.17, 15) is 0 Å². The highest BCUT2D eigenvalue weighted by Gasteiger charge is 2.18. The standard InChI is InChI=1S/C51H32N4O/c1-4-12-33(13-5-1)34-20-22-36(23-21-34)50-52-49(35-14-6-2-7-15-35)53-51(54-50)39-24-27-41-43-30-37(25-28-45(43)55(46(41)32-39)40-16-8-3-9-17-40)38-26-29-48-44(31-38)42-18-10-11-19-47(42)56-48/h1-32H. The summed E-state index contributed by atoms with van der Waals surface area (Å²) in [6.45, 7) is 0. The molecule has 11 aromatic rings. The van der Waals surface area contributed by atoms with Gasteiger partial charge in [-0.2, -0.15) is 0 Å². The van der Waals surface area contributed by atoms with Gasteiger partial charge in [0, 0.05) is 43.9 Å². The number of aromatic nitrogens is 4. The fraction of sp³-hybridized carbons (Fsp3) is 0. The fourth-order valence-electron chi connectivity index (χ4n) is 7.89. The van der Waals surface area contributed by atoms with Gasteiger partial charge >= 0.3 is 0 Å². The Hall–Kier alpha value is -7.63. The van der Waals surface area contributed by atoms with E-state index in [1.807, 2.05) is 48.5 Å². The molecular weight excluding hydrogens is 685 g/mol. The molecule has 3 heterocycles. The SMILES string of the molecule is c1ccc(-c2ccc(-c3nc(-c4ccccc4)nc(-c4ccc5c6cc(-c7ccc8oc9ccccc9c8c7)ccc6n(-c6ccccc6)c5c4)n3)cc2)cc1. The van der Waals surface area contributed by atoms with Crippen LogP contribution in [0.5, 0.6) is 0 Å². The number of furan rings is 1. The van der Waals surface area contributed by atoms with Gasteiger partial charge in [0.15, 0.2) is 17.5 Å². The molecule has 11 rings (SSSR count). The van der Waals surface area contributed by atoms with Crippen molar-refractivity contribution in [3.63, 3.8) is 0 Å². The van der Waals surface area contributed by atoms with Crippen molar-refractivity contribution in [2.45, 2.75) is 0 Å². The maximum absolute atomic E-state index is 6.14. The first-order chi connectivity index (χ1) is 27.7. The highest BCUT2D eigenvalue weighted by Crippen LogP contribution is 2.39. The molecule has 8 aromatic carbocycles. The van der Waals surface area contributed by atoms with Crippen LogP contribution in [0.2, 0.25) is 0 Å². The molecule has 0 radical (unpaired) electrons. The summed E-state index contributed by atoms with van der Waals surface area (Å²) in [7, 11) is 0. The summed E-state index contributed by atoms with van der Waals surface area (Å²) < 4.78 is 8.48. The van der Waals surface area contributed by atoms with E-state index in [0.717, 1.165) is 77.4 Å². The number of rotatable bonds is 6. The minimum absolute atomic E-state index is 0.620. The zero-order chi connectivity index (χ0) is 37.0. The molecule has 0 atom stereocenters. The lowest BCUT2D eigenvalue weighted by atomic mass is 10.0. The van der Waals surface area contributed by atoms with Gasteiger partial charge in [-0.15, -0.1) is 0 Å². The van der Waals surface area contributed by atoms with Gasteiger partial charge in [0.25, 0.3) is 0 Å². The summed E-state index contributed by atoms with van der Waals surface area (Å²) >= 11 is 0. The van der Waals surface area contributed by atoms with Crippen LogP contribution in [0.4, 0.5) is 0 Å². The molecule has 0 N–H and O–H groups in total. The zero-order valence-electron chi connectivity index (χ0n) is 30.2. The quantitative estimate of drug-likeness (QED) is 0.172. The van der Waals surface area contributed by atoms with Crippen molar-refractivity contribution >= 4 is 43.7 Å². The van der Waals surface area contributed by atoms with Crippen LogP contribution in [0.1, 0.15) is 0 Å². The van der Waals surface area contributed by atoms with Gasteiger partial charge < -0.3 is 8.98 Å². The molecule has 0 aliphatic heterocycles. The summed E-state index contributed by atoms with van der Waals surface area (Å²) in [5.41, 5.74) is 12.5. The third-order valence-corrected chi connectivity index (χ3v) is 10.7. The third kappa shape index (κ3) is 5.45. The van der Waals surface area contributed by atoms with E-state index in [1.165, 1.54) is 10.9 Å². The highest BCUT2D eigenvalue weighted by molar-refractivity contribution is 6.12. The summed E-state index contributed by atoms with van der Waals surface area (Å²) in [5.74, 6) is 1.88. The minimum Gasteiger partial charge on any atom is -0.456 e. The Bertz CT molecular complexity index is 3220. The average molecular weight is 717 g/mol. The molecule has 0 unspecified atom stereocenters. The lowest BCUT2D eigenvalue weighted by molar-refractivity contribution is 0.669. The molecule has 0 amide bonds. The van der Waals surface area contributed by atoms with E-state index in [4.69, 9.17) is 19.4 Å². The van der Waals surface area contributed by atoms with Gasteiger partial charge in [-0.3, -0.25) is 0 Å². The highest BCUT2D eigenvalue weighted by atomic mass is 16.3. The Morgan fingerprint density at radius 1 is 0.304 bits per heavy atom. The van der Waals surface area contributed by atoms with Crippen LogP contribution in [0.25, 0.3) is 106 Å². The molecule has 0 aliphatic rings. The van der Waals surface area contributed by atoms with Crippen molar-refractivity contribution in [2.75, 3.05) is 0 Å². The largest absolute Gasteiger partial charge is 0.456 e. The second-order valence-electron chi connectivity index (χ2n) is 14.1. The number of hydrogen-bond acceptors (Lipinski definition) is 4. The van der Waals surface area contributed by atoms with Crippen molar-refractivity contribution in [2.24, 2.45) is 0 Å². The predicted molar refractivity (Wildman–Crippen MR) is 229 cm³/mol. The van der Waals surface area contributed by atoms with Crippen LogP contribution in [0.15, 0.2) is 199 Å². The maximum Gasteiger partial charge on any atom is 0.164 e. The van der Waals surface area contributed by atoms with E-state index < -0.39 is 0 Å². The van der Waals surface area contributed by atoms with Crippen LogP contribution < -0.4 is 0 Å². The average Bonchev–Trinajstić information content (AvgIpc) is 3.82. The topological polar surface area (TPSA) is 56.7 Å². The number of para-hydroxylation sites is 2. The van der Waals surface area contributed by atoms with Crippen molar-refractivity contribution in [3.8, 4) is 62.1 Å². The number of nitrogens with zero attached hydrogens (tertiary/aromatic N) is 4. The van der Waals surface area contributed by atoms with E-state index in [-0.39, 0.29) is 0 Å². The van der Waals surface area contributed by atoms with Gasteiger partial charge in [0.1, 0.15) is 11.2 Å². The molecular formula is C51H32N4O. The number of hydrogen-bond donors (Lipinski definition) is 0. The van der Waals surface area contributed by atoms with Crippen LogP contribution >= 0.6 is 0 Å². The van der Waals surface area contributed by atoms with Crippen molar-refractivity contribution in [3.05, 3.63) is 194 Å². The van der Waals surface area contributed by atoms with Gasteiger partial charge in [0.05, 0.1) is 11.0 Å². The van der Waals surface area contributed by atoms with Gasteiger partial charge in [0.2, 0.25) is 0 Å². The molecule has 0 saturated heterocycles. The van der Waals surface area contributed by atoms with Crippen LogP contribution in [0.3, 0.4) is 0 Å². The lowest BCUT2D eigenvalue weighted by Gasteiger charge is -2.11. The molecule has 0 saturated carbocycles. The molecule has 0 bridgehead atoms. The summed E-state index contributed by atoms with van der Waals surface area (Å²) in [6.07, 6.45) is 0. The zero-order valence-corrected chi connectivity index (χ0v) is 30.2. The first-order valence-corrected chi connectivity index (χ1v) is 18.8. The second-order valence-corrected chi connectivity index (χ2v) is 14.1. The van der Waals surface area contributed by atoms with E-state index in [0.29, 0.717) is 17.5 Å². The Kier molecular flexibility index (Phi) is 7.42. The summed E-state index contributed by atoms with van der Waals surface area (Å²) in [5, 5.41) is 4.57. The Balaban J connectivity index is 1.07. The molecule has 3 aromatic heterocycles. The predicted octanol–water partition coefficient (Wildman–Crippen LogP) is 13.2. The molecule has 56 heavy (non-hydrogen) atoms. The number of fused-ring (bicyclic) bond motifs is 6.